The highest BCUT2D eigenvalue weighted by molar-refractivity contribution is 9.10. The quantitative estimate of drug-likeness (QED) is 0.456. The van der Waals surface area contributed by atoms with Gasteiger partial charge >= 0.3 is 0 Å². The number of nitrogens with zero attached hydrogens (tertiary/aromatic N) is 2. The van der Waals surface area contributed by atoms with Crippen LogP contribution >= 0.6 is 39.1 Å². The molecule has 0 fully saturated rings. The Morgan fingerprint density at radius 2 is 2.04 bits per heavy atom. The molecular formula is C17H16BrCl2N3O4S. The van der Waals surface area contributed by atoms with E-state index in [4.69, 9.17) is 27.9 Å². The van der Waals surface area contributed by atoms with Gasteiger partial charge < -0.3 is 4.74 Å². The lowest BCUT2D eigenvalue weighted by Crippen LogP contribution is -2.39. The van der Waals surface area contributed by atoms with Gasteiger partial charge in [0.2, 0.25) is 10.0 Å². The van der Waals surface area contributed by atoms with Crippen LogP contribution in [-0.4, -0.2) is 40.4 Å². The number of anilines is 1. The van der Waals surface area contributed by atoms with Gasteiger partial charge in [-0.15, -0.1) is 0 Å². The molecule has 2 aromatic rings. The molecule has 2 aromatic carbocycles. The number of hydrogen-bond acceptors (Lipinski definition) is 5. The lowest BCUT2D eigenvalue weighted by Gasteiger charge is -2.22. The fourth-order valence-electron chi connectivity index (χ4n) is 2.21. The van der Waals surface area contributed by atoms with E-state index in [1.54, 1.807) is 18.2 Å². The van der Waals surface area contributed by atoms with Crippen molar-refractivity contribution >= 4 is 67.0 Å². The molecule has 0 aliphatic heterocycles. The van der Waals surface area contributed by atoms with E-state index in [0.717, 1.165) is 15.0 Å². The fourth-order valence-corrected chi connectivity index (χ4v) is 3.90. The Morgan fingerprint density at radius 3 is 2.68 bits per heavy atom. The number of sulfonamides is 1. The summed E-state index contributed by atoms with van der Waals surface area (Å²) in [5.74, 6) is -0.101. The molecule has 0 aliphatic carbocycles. The first kappa shape index (κ1) is 22.5. The van der Waals surface area contributed by atoms with Crippen molar-refractivity contribution in [1.82, 2.24) is 5.43 Å². The molecule has 1 amide bonds. The number of methoxy groups -OCH3 is 1. The summed E-state index contributed by atoms with van der Waals surface area (Å²) in [4.78, 5) is 12.2. The van der Waals surface area contributed by atoms with E-state index < -0.39 is 22.5 Å². The smallest absolute Gasteiger partial charge is 0.260 e. The van der Waals surface area contributed by atoms with E-state index >= 15 is 0 Å². The number of nitrogens with one attached hydrogen (secondary N) is 1. The number of halogens is 3. The topological polar surface area (TPSA) is 88.1 Å². The zero-order chi connectivity index (χ0) is 20.9. The van der Waals surface area contributed by atoms with Crippen LogP contribution in [0.3, 0.4) is 0 Å². The van der Waals surface area contributed by atoms with Gasteiger partial charge in [-0.1, -0.05) is 45.2 Å². The summed E-state index contributed by atoms with van der Waals surface area (Å²) in [7, 11) is -2.28. The maximum Gasteiger partial charge on any atom is 0.260 e. The maximum atomic E-state index is 12.2. The fraction of sp³-hybridized carbons (Fsp3) is 0.176. The minimum atomic E-state index is -3.79. The Labute approximate surface area is 181 Å². The summed E-state index contributed by atoms with van der Waals surface area (Å²) in [5.41, 5.74) is 3.01. The third-order valence-corrected chi connectivity index (χ3v) is 5.90. The van der Waals surface area contributed by atoms with E-state index in [-0.39, 0.29) is 15.7 Å². The van der Waals surface area contributed by atoms with Crippen LogP contribution in [0.15, 0.2) is 46.0 Å². The van der Waals surface area contributed by atoms with Gasteiger partial charge in [-0.25, -0.2) is 13.8 Å². The molecule has 0 saturated carbocycles. The average molecular weight is 509 g/mol. The summed E-state index contributed by atoms with van der Waals surface area (Å²) in [6.07, 6.45) is 2.35. The number of carbonyl (C=O) groups is 1. The van der Waals surface area contributed by atoms with Crippen molar-refractivity contribution in [3.63, 3.8) is 0 Å². The number of benzene rings is 2. The van der Waals surface area contributed by atoms with Crippen LogP contribution in [0.1, 0.15) is 5.56 Å². The highest BCUT2D eigenvalue weighted by Gasteiger charge is 2.23. The summed E-state index contributed by atoms with van der Waals surface area (Å²) in [5, 5.41) is 4.06. The first-order valence-electron chi connectivity index (χ1n) is 7.70. The molecule has 28 heavy (non-hydrogen) atoms. The normalized spacial score (nSPS) is 11.5. The molecular weight excluding hydrogens is 493 g/mol. The van der Waals surface area contributed by atoms with Crippen molar-refractivity contribution in [2.24, 2.45) is 5.10 Å². The number of carbonyl (C=O) groups excluding carboxylic acids is 1. The van der Waals surface area contributed by atoms with E-state index in [0.29, 0.717) is 11.3 Å². The molecule has 0 bridgehead atoms. The zero-order valence-electron chi connectivity index (χ0n) is 14.8. The van der Waals surface area contributed by atoms with Gasteiger partial charge in [-0.2, -0.15) is 5.10 Å². The number of amides is 1. The van der Waals surface area contributed by atoms with Crippen LogP contribution in [0.4, 0.5) is 5.69 Å². The monoisotopic (exact) mass is 507 g/mol. The lowest BCUT2D eigenvalue weighted by molar-refractivity contribution is -0.119. The first-order valence-corrected chi connectivity index (χ1v) is 11.1. The van der Waals surface area contributed by atoms with Gasteiger partial charge in [-0.3, -0.25) is 9.10 Å². The van der Waals surface area contributed by atoms with Crippen LogP contribution in [0.25, 0.3) is 0 Å². The molecule has 1 N–H and O–H groups in total. The third kappa shape index (κ3) is 5.84. The Bertz CT molecular complexity index is 1020. The number of ether oxygens (including phenoxy) is 1. The number of rotatable bonds is 7. The minimum absolute atomic E-state index is 0.0322. The van der Waals surface area contributed by atoms with Crippen LogP contribution in [0, 0.1) is 0 Å². The highest BCUT2D eigenvalue weighted by atomic mass is 79.9. The zero-order valence-corrected chi connectivity index (χ0v) is 18.7. The molecule has 0 atom stereocenters. The molecule has 11 heteroatoms. The highest BCUT2D eigenvalue weighted by Crippen LogP contribution is 2.33. The molecule has 150 valence electrons. The van der Waals surface area contributed by atoms with Crippen LogP contribution in [0.5, 0.6) is 5.75 Å². The minimum Gasteiger partial charge on any atom is -0.496 e. The molecule has 0 spiro atoms. The van der Waals surface area contributed by atoms with E-state index in [9.17, 15) is 13.2 Å². The predicted octanol–water partition coefficient (Wildman–Crippen LogP) is 3.68. The van der Waals surface area contributed by atoms with Gasteiger partial charge in [0.25, 0.3) is 5.91 Å². The van der Waals surface area contributed by atoms with E-state index in [1.807, 2.05) is 0 Å². The lowest BCUT2D eigenvalue weighted by atomic mass is 10.2. The summed E-state index contributed by atoms with van der Waals surface area (Å²) < 4.78 is 31.1. The predicted molar refractivity (Wildman–Crippen MR) is 115 cm³/mol. The second-order valence-corrected chi connectivity index (χ2v) is 9.13. The van der Waals surface area contributed by atoms with E-state index in [1.165, 1.54) is 31.5 Å². The van der Waals surface area contributed by atoms with Crippen molar-refractivity contribution in [1.29, 1.82) is 0 Å². The first-order chi connectivity index (χ1) is 13.1. The molecule has 0 radical (unpaired) electrons. The van der Waals surface area contributed by atoms with Crippen molar-refractivity contribution in [3.05, 3.63) is 56.5 Å². The Balaban J connectivity index is 2.17. The summed E-state index contributed by atoms with van der Waals surface area (Å²) in [6, 6.07) is 9.80. The molecule has 0 heterocycles. The molecule has 7 nitrogen and oxygen atoms in total. The van der Waals surface area contributed by atoms with Crippen LogP contribution in [0.2, 0.25) is 10.0 Å². The molecule has 2 rings (SSSR count). The van der Waals surface area contributed by atoms with Gasteiger partial charge in [0, 0.05) is 10.0 Å². The number of hydrogen-bond donors (Lipinski definition) is 1. The third-order valence-electron chi connectivity index (χ3n) is 3.47. The largest absolute Gasteiger partial charge is 0.496 e. The van der Waals surface area contributed by atoms with Gasteiger partial charge in [0.15, 0.2) is 0 Å². The Kier molecular flexibility index (Phi) is 7.70. The van der Waals surface area contributed by atoms with Crippen molar-refractivity contribution in [2.45, 2.75) is 0 Å². The van der Waals surface area contributed by atoms with Gasteiger partial charge in [-0.05, 0) is 30.3 Å². The standard InChI is InChI=1S/C17H16BrCl2N3O4S/c1-27-15-7-6-12(18)8-11(15)9-21-22-16(24)10-23(28(2,25)26)14-5-3-4-13(19)17(14)20/h3-9H,10H2,1-2H3,(H,22,24)/b21-9+. The molecule has 0 aromatic heterocycles. The SMILES string of the molecule is COc1ccc(Br)cc1/C=N/NC(=O)CN(c1cccc(Cl)c1Cl)S(C)(=O)=O. The second kappa shape index (κ2) is 9.60. The van der Waals surface area contributed by atoms with Crippen LogP contribution in [-0.2, 0) is 14.8 Å². The average Bonchev–Trinajstić information content (AvgIpc) is 2.62. The molecule has 0 aliphatic rings. The maximum absolute atomic E-state index is 12.2. The van der Waals surface area contributed by atoms with Crippen LogP contribution < -0.4 is 14.5 Å². The Hall–Kier alpha value is -1.81. The molecule has 0 saturated heterocycles. The van der Waals surface area contributed by atoms with E-state index in [2.05, 4.69) is 26.5 Å². The number of hydrazone groups is 1. The van der Waals surface area contributed by atoms with Crippen molar-refractivity contribution in [3.8, 4) is 5.75 Å². The van der Waals surface area contributed by atoms with Gasteiger partial charge in [0.05, 0.1) is 35.3 Å². The Morgan fingerprint density at radius 1 is 1.32 bits per heavy atom. The second-order valence-electron chi connectivity index (χ2n) is 5.52. The molecule has 0 unspecified atom stereocenters. The van der Waals surface area contributed by atoms with Gasteiger partial charge in [0.1, 0.15) is 12.3 Å². The summed E-state index contributed by atoms with van der Waals surface area (Å²) in [6.45, 7) is -0.522. The van der Waals surface area contributed by atoms with Crippen molar-refractivity contribution in [2.75, 3.05) is 24.2 Å². The van der Waals surface area contributed by atoms with Crippen molar-refractivity contribution < 1.29 is 17.9 Å². The summed E-state index contributed by atoms with van der Waals surface area (Å²) >= 11 is 15.4.